The van der Waals surface area contributed by atoms with Crippen molar-refractivity contribution >= 4 is 23.2 Å². The lowest BCUT2D eigenvalue weighted by molar-refractivity contribution is -0.138. The van der Waals surface area contributed by atoms with Gasteiger partial charge in [-0.3, -0.25) is 4.79 Å². The minimum absolute atomic E-state index is 0.211. The van der Waals surface area contributed by atoms with Gasteiger partial charge in [0.15, 0.2) is 5.43 Å². The topological polar surface area (TPSA) is 32.9 Å². The van der Waals surface area contributed by atoms with E-state index in [0.29, 0.717) is 21.8 Å². The predicted molar refractivity (Wildman–Crippen MR) is 67.5 cm³/mol. The molecule has 0 aliphatic heterocycles. The summed E-state index contributed by atoms with van der Waals surface area (Å²) in [5.74, 6) is 0. The minimum atomic E-state index is -4.68. The van der Waals surface area contributed by atoms with Crippen molar-refractivity contribution in [3.8, 4) is 11.3 Å². The van der Waals surface area contributed by atoms with Gasteiger partial charge in [0, 0.05) is 33.6 Å². The highest BCUT2D eigenvalue weighted by Gasteiger charge is 2.33. The van der Waals surface area contributed by atoms with Crippen LogP contribution in [0.3, 0.4) is 0 Å². The molecule has 7 heteroatoms. The first-order valence-corrected chi connectivity index (χ1v) is 5.79. The molecule has 0 unspecified atom stereocenters. The first kappa shape index (κ1) is 14.0. The van der Waals surface area contributed by atoms with Crippen molar-refractivity contribution in [1.29, 1.82) is 0 Å². The number of alkyl halides is 3. The largest absolute Gasteiger partial charge is 0.421 e. The van der Waals surface area contributed by atoms with Crippen LogP contribution in [0, 0.1) is 0 Å². The highest BCUT2D eigenvalue weighted by Crippen LogP contribution is 2.28. The second-order valence-electron chi connectivity index (χ2n) is 3.78. The first-order valence-electron chi connectivity index (χ1n) is 5.04. The molecular formula is C12H6Cl2F3NO. The van der Waals surface area contributed by atoms with E-state index < -0.39 is 17.2 Å². The van der Waals surface area contributed by atoms with Crippen LogP contribution < -0.4 is 5.43 Å². The van der Waals surface area contributed by atoms with Gasteiger partial charge in [0.05, 0.1) is 0 Å². The van der Waals surface area contributed by atoms with Gasteiger partial charge in [-0.25, -0.2) is 0 Å². The lowest BCUT2D eigenvalue weighted by Crippen LogP contribution is -2.18. The van der Waals surface area contributed by atoms with Crippen LogP contribution in [-0.2, 0) is 6.18 Å². The number of hydrogen-bond acceptors (Lipinski definition) is 1. The van der Waals surface area contributed by atoms with Crippen molar-refractivity contribution in [3.05, 3.63) is 56.3 Å². The van der Waals surface area contributed by atoms with E-state index in [4.69, 9.17) is 23.2 Å². The molecule has 0 aliphatic rings. The van der Waals surface area contributed by atoms with Crippen LogP contribution in [0.15, 0.2) is 35.3 Å². The molecule has 19 heavy (non-hydrogen) atoms. The Labute approximate surface area is 115 Å². The minimum Gasteiger partial charge on any atom is -0.360 e. The monoisotopic (exact) mass is 307 g/mol. The molecule has 0 saturated heterocycles. The van der Waals surface area contributed by atoms with E-state index >= 15 is 0 Å². The Bertz CT molecular complexity index is 659. The standard InChI is InChI=1S/C12H6Cl2F3NO/c13-7-1-6(2-8(14)3-7)10-4-11(19)9(5-18-10)12(15,16)17/h1-5H,(H,18,19). The summed E-state index contributed by atoms with van der Waals surface area (Å²) in [5, 5.41) is 0.645. The normalized spacial score (nSPS) is 11.6. The molecular weight excluding hydrogens is 302 g/mol. The Balaban J connectivity index is 2.54. The van der Waals surface area contributed by atoms with Crippen LogP contribution in [-0.4, -0.2) is 4.98 Å². The van der Waals surface area contributed by atoms with Gasteiger partial charge in [0.25, 0.3) is 0 Å². The van der Waals surface area contributed by atoms with Gasteiger partial charge in [-0.05, 0) is 18.2 Å². The van der Waals surface area contributed by atoms with E-state index in [0.717, 1.165) is 6.07 Å². The van der Waals surface area contributed by atoms with Crippen molar-refractivity contribution in [2.24, 2.45) is 0 Å². The Morgan fingerprint density at radius 3 is 2.05 bits per heavy atom. The Morgan fingerprint density at radius 1 is 1.00 bits per heavy atom. The summed E-state index contributed by atoms with van der Waals surface area (Å²) in [7, 11) is 0. The molecule has 2 nitrogen and oxygen atoms in total. The average molecular weight is 308 g/mol. The van der Waals surface area contributed by atoms with Crippen LogP contribution in [0.5, 0.6) is 0 Å². The van der Waals surface area contributed by atoms with Crippen LogP contribution in [0.4, 0.5) is 13.2 Å². The maximum atomic E-state index is 12.4. The second kappa shape index (κ2) is 4.90. The van der Waals surface area contributed by atoms with Gasteiger partial charge in [0.2, 0.25) is 0 Å². The van der Waals surface area contributed by atoms with Crippen LogP contribution in [0.1, 0.15) is 5.56 Å². The summed E-state index contributed by atoms with van der Waals surface area (Å²) in [5.41, 5.74) is -1.72. The SMILES string of the molecule is O=c1cc(-c2cc(Cl)cc(Cl)c2)[nH]cc1C(F)(F)F. The van der Waals surface area contributed by atoms with E-state index in [1.807, 2.05) is 0 Å². The fraction of sp³-hybridized carbons (Fsp3) is 0.0833. The number of nitrogens with one attached hydrogen (secondary N) is 1. The van der Waals surface area contributed by atoms with Crippen LogP contribution >= 0.6 is 23.2 Å². The molecule has 0 saturated carbocycles. The third-order valence-corrected chi connectivity index (χ3v) is 2.83. The molecule has 1 aromatic carbocycles. The fourth-order valence-electron chi connectivity index (χ4n) is 1.57. The molecule has 0 atom stereocenters. The molecule has 0 bridgehead atoms. The number of H-pyrrole nitrogens is 1. The quantitative estimate of drug-likeness (QED) is 0.834. The molecule has 2 rings (SSSR count). The molecule has 1 heterocycles. The summed E-state index contributed by atoms with van der Waals surface area (Å²) >= 11 is 11.6. The van der Waals surface area contributed by atoms with Crippen molar-refractivity contribution < 1.29 is 13.2 Å². The number of rotatable bonds is 1. The lowest BCUT2D eigenvalue weighted by Gasteiger charge is -2.08. The van der Waals surface area contributed by atoms with Crippen molar-refractivity contribution in [2.45, 2.75) is 6.18 Å². The highest BCUT2D eigenvalue weighted by atomic mass is 35.5. The summed E-state index contributed by atoms with van der Waals surface area (Å²) in [6, 6.07) is 5.33. The third kappa shape index (κ3) is 3.11. The maximum Gasteiger partial charge on any atom is 0.421 e. The molecule has 100 valence electrons. The smallest absolute Gasteiger partial charge is 0.360 e. The first-order chi connectivity index (χ1) is 8.77. The number of halogens is 5. The Hall–Kier alpha value is -1.46. The van der Waals surface area contributed by atoms with E-state index in [1.54, 1.807) is 0 Å². The van der Waals surface area contributed by atoms with E-state index in [9.17, 15) is 18.0 Å². The zero-order valence-electron chi connectivity index (χ0n) is 9.18. The number of pyridine rings is 1. The van der Waals surface area contributed by atoms with Gasteiger partial charge in [-0.1, -0.05) is 23.2 Å². The van der Waals surface area contributed by atoms with Gasteiger partial charge < -0.3 is 4.98 Å². The molecule has 1 N–H and O–H groups in total. The Morgan fingerprint density at radius 2 is 1.58 bits per heavy atom. The second-order valence-corrected chi connectivity index (χ2v) is 4.65. The van der Waals surface area contributed by atoms with E-state index in [1.165, 1.54) is 18.2 Å². The van der Waals surface area contributed by atoms with Gasteiger partial charge in [-0.2, -0.15) is 13.2 Å². The summed E-state index contributed by atoms with van der Waals surface area (Å²) < 4.78 is 37.3. The number of aromatic amines is 1. The Kier molecular flexibility index (Phi) is 3.60. The molecule has 1 aromatic heterocycles. The summed E-state index contributed by atoms with van der Waals surface area (Å²) in [4.78, 5) is 13.8. The zero-order chi connectivity index (χ0) is 14.2. The summed E-state index contributed by atoms with van der Waals surface area (Å²) in [6.07, 6.45) is -4.05. The number of hydrogen-bond donors (Lipinski definition) is 1. The van der Waals surface area contributed by atoms with Crippen LogP contribution in [0.25, 0.3) is 11.3 Å². The summed E-state index contributed by atoms with van der Waals surface area (Å²) in [6.45, 7) is 0. The molecule has 0 fully saturated rings. The van der Waals surface area contributed by atoms with E-state index in [2.05, 4.69) is 4.98 Å². The predicted octanol–water partition coefficient (Wildman–Crippen LogP) is 4.37. The van der Waals surface area contributed by atoms with Crippen LogP contribution in [0.2, 0.25) is 10.0 Å². The molecule has 2 aromatic rings. The highest BCUT2D eigenvalue weighted by molar-refractivity contribution is 6.35. The third-order valence-electron chi connectivity index (χ3n) is 2.39. The van der Waals surface area contributed by atoms with Crippen molar-refractivity contribution in [2.75, 3.05) is 0 Å². The lowest BCUT2D eigenvalue weighted by atomic mass is 10.1. The van der Waals surface area contributed by atoms with Gasteiger partial charge in [0.1, 0.15) is 5.56 Å². The fourth-order valence-corrected chi connectivity index (χ4v) is 2.10. The molecule has 0 aliphatic carbocycles. The number of aromatic nitrogens is 1. The molecule has 0 amide bonds. The number of benzene rings is 1. The maximum absolute atomic E-state index is 12.4. The van der Waals surface area contributed by atoms with Crippen molar-refractivity contribution in [3.63, 3.8) is 0 Å². The van der Waals surface area contributed by atoms with Gasteiger partial charge in [-0.15, -0.1) is 0 Å². The van der Waals surface area contributed by atoms with Gasteiger partial charge >= 0.3 is 6.18 Å². The van der Waals surface area contributed by atoms with Crippen molar-refractivity contribution in [1.82, 2.24) is 4.98 Å². The van der Waals surface area contributed by atoms with E-state index in [-0.39, 0.29) is 5.69 Å². The average Bonchev–Trinajstić information content (AvgIpc) is 2.25. The zero-order valence-corrected chi connectivity index (χ0v) is 10.7. The molecule has 0 radical (unpaired) electrons. The molecule has 0 spiro atoms.